The molecule has 0 bridgehead atoms. The summed E-state index contributed by atoms with van der Waals surface area (Å²) in [6, 6.07) is 6.00. The number of nitrogens with one attached hydrogen (secondary N) is 1. The molecular formula is C17H25BBrNO3. The monoisotopic (exact) mass is 381 g/mol. The van der Waals surface area contributed by atoms with Crippen molar-refractivity contribution in [3.63, 3.8) is 0 Å². The first kappa shape index (κ1) is 18.5. The van der Waals surface area contributed by atoms with Crippen molar-refractivity contribution in [3.8, 4) is 5.75 Å². The van der Waals surface area contributed by atoms with Gasteiger partial charge in [0.15, 0.2) is 0 Å². The molecule has 2 rings (SSSR count). The molecule has 1 aliphatic rings. The van der Waals surface area contributed by atoms with E-state index in [0.29, 0.717) is 6.54 Å². The molecule has 0 radical (unpaired) electrons. The third-order valence-electron chi connectivity index (χ3n) is 4.46. The van der Waals surface area contributed by atoms with Crippen LogP contribution in [0, 0.1) is 0 Å². The maximum atomic E-state index is 6.16. The van der Waals surface area contributed by atoms with Gasteiger partial charge in [-0.1, -0.05) is 12.1 Å². The molecule has 1 heterocycles. The number of hydrogen-bond donors (Lipinski definition) is 1. The van der Waals surface area contributed by atoms with Crippen LogP contribution in [0.15, 0.2) is 28.1 Å². The van der Waals surface area contributed by atoms with Crippen LogP contribution in [0.5, 0.6) is 5.75 Å². The highest BCUT2D eigenvalue weighted by Crippen LogP contribution is 2.39. The van der Waals surface area contributed by atoms with E-state index in [9.17, 15) is 0 Å². The van der Waals surface area contributed by atoms with Crippen molar-refractivity contribution >= 4 is 29.1 Å². The van der Waals surface area contributed by atoms with E-state index in [1.165, 1.54) is 0 Å². The zero-order chi connectivity index (χ0) is 17.3. The van der Waals surface area contributed by atoms with Crippen molar-refractivity contribution < 1.29 is 14.0 Å². The normalized spacial score (nSPS) is 20.0. The summed E-state index contributed by atoms with van der Waals surface area (Å²) in [7, 11) is 3.22. The lowest BCUT2D eigenvalue weighted by Gasteiger charge is -2.32. The van der Waals surface area contributed by atoms with Crippen LogP contribution in [0.1, 0.15) is 33.3 Å². The molecule has 6 heteroatoms. The Bertz CT molecular complexity index is 586. The maximum Gasteiger partial charge on any atom is 0.491 e. The largest absolute Gasteiger partial charge is 0.496 e. The summed E-state index contributed by atoms with van der Waals surface area (Å²) in [5.41, 5.74) is 1.41. The molecule has 0 atom stereocenters. The molecule has 23 heavy (non-hydrogen) atoms. The van der Waals surface area contributed by atoms with E-state index in [-0.39, 0.29) is 18.3 Å². The Kier molecular flexibility index (Phi) is 5.61. The van der Waals surface area contributed by atoms with Crippen molar-refractivity contribution in [1.82, 2.24) is 5.32 Å². The first-order chi connectivity index (χ1) is 10.7. The second-order valence-corrected chi connectivity index (χ2v) is 7.59. The number of ether oxygens (including phenoxy) is 1. The molecule has 1 fully saturated rings. The minimum atomic E-state index is -0.359. The molecule has 0 amide bonds. The standard InChI is InChI=1S/C17H25BBrNO3/c1-16(2)17(3,4)23-18(22-16)13(11-20-5)9-12-7-8-14(19)15(10-12)21-6/h7-10,20H,11H2,1-6H3. The van der Waals surface area contributed by atoms with E-state index >= 15 is 0 Å². The van der Waals surface area contributed by atoms with Gasteiger partial charge >= 0.3 is 7.12 Å². The van der Waals surface area contributed by atoms with Gasteiger partial charge in [0.25, 0.3) is 0 Å². The van der Waals surface area contributed by atoms with E-state index in [1.54, 1.807) is 7.11 Å². The van der Waals surface area contributed by atoms with Crippen molar-refractivity contribution in [2.45, 2.75) is 38.9 Å². The van der Waals surface area contributed by atoms with E-state index < -0.39 is 0 Å². The van der Waals surface area contributed by atoms with Crippen LogP contribution >= 0.6 is 15.9 Å². The molecular weight excluding hydrogens is 357 g/mol. The van der Waals surface area contributed by atoms with Crippen molar-refractivity contribution in [2.75, 3.05) is 20.7 Å². The van der Waals surface area contributed by atoms with Gasteiger partial charge in [-0.2, -0.15) is 0 Å². The minimum Gasteiger partial charge on any atom is -0.496 e. The van der Waals surface area contributed by atoms with Crippen LogP contribution in [0.25, 0.3) is 6.08 Å². The average Bonchev–Trinajstić information content (AvgIpc) is 2.69. The fraction of sp³-hybridized carbons (Fsp3) is 0.529. The lowest BCUT2D eigenvalue weighted by Crippen LogP contribution is -2.41. The molecule has 1 aliphatic heterocycles. The Morgan fingerprint density at radius 3 is 2.39 bits per heavy atom. The quantitative estimate of drug-likeness (QED) is 0.789. The Balaban J connectivity index is 2.32. The number of halogens is 1. The van der Waals surface area contributed by atoms with E-state index in [4.69, 9.17) is 14.0 Å². The third kappa shape index (κ3) is 3.99. The second-order valence-electron chi connectivity index (χ2n) is 6.73. The molecule has 1 N–H and O–H groups in total. The molecule has 1 aromatic rings. The van der Waals surface area contributed by atoms with Crippen LogP contribution in [0.3, 0.4) is 0 Å². The first-order valence-corrected chi connectivity index (χ1v) is 8.54. The molecule has 1 aromatic carbocycles. The molecule has 0 spiro atoms. The summed E-state index contributed by atoms with van der Waals surface area (Å²) in [6.45, 7) is 8.94. The summed E-state index contributed by atoms with van der Waals surface area (Å²) < 4.78 is 18.6. The lowest BCUT2D eigenvalue weighted by atomic mass is 9.77. The molecule has 0 aromatic heterocycles. The van der Waals surface area contributed by atoms with Gasteiger partial charge in [0, 0.05) is 6.54 Å². The topological polar surface area (TPSA) is 39.7 Å². The Labute approximate surface area is 147 Å². The molecule has 0 unspecified atom stereocenters. The molecule has 0 aliphatic carbocycles. The van der Waals surface area contributed by atoms with Crippen LogP contribution < -0.4 is 10.1 Å². The molecule has 126 valence electrons. The van der Waals surface area contributed by atoms with E-state index in [1.807, 2.05) is 25.2 Å². The van der Waals surface area contributed by atoms with Crippen molar-refractivity contribution in [1.29, 1.82) is 0 Å². The van der Waals surface area contributed by atoms with Crippen LogP contribution in [-0.2, 0) is 9.31 Å². The van der Waals surface area contributed by atoms with Gasteiger partial charge < -0.3 is 19.4 Å². The Morgan fingerprint density at radius 1 is 1.26 bits per heavy atom. The van der Waals surface area contributed by atoms with Gasteiger partial charge in [0.1, 0.15) is 5.75 Å². The number of hydrogen-bond acceptors (Lipinski definition) is 4. The fourth-order valence-corrected chi connectivity index (χ4v) is 2.79. The number of likely N-dealkylation sites (N-methyl/N-ethyl adjacent to an activating group) is 1. The molecule has 1 saturated heterocycles. The van der Waals surface area contributed by atoms with Crippen LogP contribution in [0.4, 0.5) is 0 Å². The third-order valence-corrected chi connectivity index (χ3v) is 5.12. The molecule has 4 nitrogen and oxygen atoms in total. The maximum absolute atomic E-state index is 6.16. The fourth-order valence-electron chi connectivity index (χ4n) is 2.38. The van der Waals surface area contributed by atoms with Gasteiger partial charge in [-0.25, -0.2) is 0 Å². The highest BCUT2D eigenvalue weighted by atomic mass is 79.9. The van der Waals surface area contributed by atoms with Crippen LogP contribution in [0.2, 0.25) is 0 Å². The predicted octanol–water partition coefficient (Wildman–Crippen LogP) is 3.69. The highest BCUT2D eigenvalue weighted by molar-refractivity contribution is 9.10. The first-order valence-electron chi connectivity index (χ1n) is 7.74. The van der Waals surface area contributed by atoms with Crippen LogP contribution in [-0.4, -0.2) is 39.0 Å². The summed E-state index contributed by atoms with van der Waals surface area (Å²) in [4.78, 5) is 0. The second kappa shape index (κ2) is 6.97. The summed E-state index contributed by atoms with van der Waals surface area (Å²) >= 11 is 3.48. The number of benzene rings is 1. The van der Waals surface area contributed by atoms with E-state index in [0.717, 1.165) is 21.3 Å². The molecule has 0 saturated carbocycles. The van der Waals surface area contributed by atoms with Crippen molar-refractivity contribution in [2.24, 2.45) is 0 Å². The smallest absolute Gasteiger partial charge is 0.491 e. The number of methoxy groups -OCH3 is 1. The zero-order valence-corrected chi connectivity index (χ0v) is 16.3. The Hall–Kier alpha value is -0.815. The van der Waals surface area contributed by atoms with Crippen molar-refractivity contribution in [3.05, 3.63) is 33.7 Å². The van der Waals surface area contributed by atoms with Gasteiger partial charge in [-0.3, -0.25) is 0 Å². The summed E-state index contributed by atoms with van der Waals surface area (Å²) in [5.74, 6) is 0.802. The highest BCUT2D eigenvalue weighted by Gasteiger charge is 2.52. The zero-order valence-electron chi connectivity index (χ0n) is 14.7. The SMILES string of the molecule is CNCC(=Cc1ccc(Br)c(OC)c1)B1OC(C)(C)C(C)(C)O1. The van der Waals surface area contributed by atoms with Gasteiger partial charge in [0.05, 0.1) is 22.8 Å². The minimum absolute atomic E-state index is 0.345. The summed E-state index contributed by atoms with van der Waals surface area (Å²) in [6.07, 6.45) is 2.09. The van der Waals surface area contributed by atoms with Gasteiger partial charge in [-0.15, -0.1) is 0 Å². The van der Waals surface area contributed by atoms with Gasteiger partial charge in [0.2, 0.25) is 0 Å². The van der Waals surface area contributed by atoms with E-state index in [2.05, 4.69) is 55.0 Å². The Morgan fingerprint density at radius 2 is 1.87 bits per heavy atom. The lowest BCUT2D eigenvalue weighted by molar-refractivity contribution is 0.00578. The van der Waals surface area contributed by atoms with Gasteiger partial charge in [-0.05, 0) is 73.8 Å². The number of rotatable bonds is 5. The average molecular weight is 382 g/mol. The predicted molar refractivity (Wildman–Crippen MR) is 98.7 cm³/mol. The summed E-state index contributed by atoms with van der Waals surface area (Å²) in [5, 5.41) is 3.19.